The Labute approximate surface area is 122 Å². The summed E-state index contributed by atoms with van der Waals surface area (Å²) in [6.45, 7) is 2.25. The van der Waals surface area contributed by atoms with Crippen molar-refractivity contribution in [3.63, 3.8) is 0 Å². The predicted molar refractivity (Wildman–Crippen MR) is 74.0 cm³/mol. The molecular formula is C12H12Br2O4. The number of halogens is 2. The Morgan fingerprint density at radius 3 is 2.33 bits per heavy atom. The summed E-state index contributed by atoms with van der Waals surface area (Å²) >= 11 is 6.77. The highest BCUT2D eigenvalue weighted by atomic mass is 79.9. The molecule has 18 heavy (non-hydrogen) atoms. The molecule has 4 nitrogen and oxygen atoms in total. The SMILES string of the molecule is Cc1cc(Br)c(OCCCC(=O)C(=O)O)c(Br)c1. The Morgan fingerprint density at radius 2 is 1.83 bits per heavy atom. The lowest BCUT2D eigenvalue weighted by atomic mass is 10.2. The van der Waals surface area contributed by atoms with Gasteiger partial charge in [0.25, 0.3) is 0 Å². The number of aryl methyl sites for hydroxylation is 1. The van der Waals surface area contributed by atoms with Crippen molar-refractivity contribution in [3.8, 4) is 5.75 Å². The number of hydrogen-bond acceptors (Lipinski definition) is 3. The van der Waals surface area contributed by atoms with Gasteiger partial charge in [0.2, 0.25) is 5.78 Å². The molecule has 0 saturated heterocycles. The number of carboxylic acid groups (broad SMARTS) is 1. The van der Waals surface area contributed by atoms with E-state index in [-0.39, 0.29) is 6.42 Å². The second-order valence-electron chi connectivity index (χ2n) is 3.74. The largest absolute Gasteiger partial charge is 0.491 e. The molecule has 1 N–H and O–H groups in total. The zero-order valence-electron chi connectivity index (χ0n) is 9.70. The number of hydrogen-bond donors (Lipinski definition) is 1. The van der Waals surface area contributed by atoms with E-state index in [0.29, 0.717) is 18.8 Å². The minimum Gasteiger partial charge on any atom is -0.491 e. The number of rotatable bonds is 6. The monoisotopic (exact) mass is 378 g/mol. The molecule has 1 aromatic rings. The first kappa shape index (κ1) is 15.2. The summed E-state index contributed by atoms with van der Waals surface area (Å²) in [4.78, 5) is 21.2. The molecule has 0 amide bonds. The first-order valence-corrected chi connectivity index (χ1v) is 6.85. The van der Waals surface area contributed by atoms with Crippen LogP contribution < -0.4 is 4.74 Å². The lowest BCUT2D eigenvalue weighted by molar-refractivity contribution is -0.149. The molecule has 1 aromatic carbocycles. The molecule has 0 saturated carbocycles. The second kappa shape index (κ2) is 6.89. The molecular weight excluding hydrogens is 368 g/mol. The van der Waals surface area contributed by atoms with E-state index >= 15 is 0 Å². The van der Waals surface area contributed by atoms with Crippen LogP contribution in [0.4, 0.5) is 0 Å². The van der Waals surface area contributed by atoms with Crippen LogP contribution in [-0.2, 0) is 9.59 Å². The quantitative estimate of drug-likeness (QED) is 0.608. The van der Waals surface area contributed by atoms with Crippen LogP contribution in [0.25, 0.3) is 0 Å². The molecule has 0 spiro atoms. The van der Waals surface area contributed by atoms with E-state index in [0.717, 1.165) is 14.5 Å². The molecule has 0 aliphatic carbocycles. The summed E-state index contributed by atoms with van der Waals surface area (Å²) < 4.78 is 7.15. The summed E-state index contributed by atoms with van der Waals surface area (Å²) in [5, 5.41) is 8.41. The molecule has 6 heteroatoms. The van der Waals surface area contributed by atoms with Crippen LogP contribution in [0.2, 0.25) is 0 Å². The van der Waals surface area contributed by atoms with Crippen molar-refractivity contribution in [2.45, 2.75) is 19.8 Å². The third-order valence-corrected chi connectivity index (χ3v) is 3.35. The molecule has 0 atom stereocenters. The van der Waals surface area contributed by atoms with Gasteiger partial charge in [-0.3, -0.25) is 4.79 Å². The van der Waals surface area contributed by atoms with Crippen molar-refractivity contribution in [1.82, 2.24) is 0 Å². The Kier molecular flexibility index (Phi) is 5.81. The maximum Gasteiger partial charge on any atom is 0.372 e. The van der Waals surface area contributed by atoms with Gasteiger partial charge in [0.15, 0.2) is 0 Å². The Hall–Kier alpha value is -0.880. The van der Waals surface area contributed by atoms with Crippen molar-refractivity contribution in [2.75, 3.05) is 6.61 Å². The number of aliphatic carboxylic acids is 1. The number of ketones is 1. The summed E-state index contributed by atoms with van der Waals surface area (Å²) in [5.74, 6) is -1.53. The van der Waals surface area contributed by atoms with E-state index in [4.69, 9.17) is 9.84 Å². The number of carboxylic acids is 1. The highest BCUT2D eigenvalue weighted by molar-refractivity contribution is 9.11. The molecule has 0 unspecified atom stereocenters. The van der Waals surface area contributed by atoms with E-state index in [1.54, 1.807) is 0 Å². The van der Waals surface area contributed by atoms with Gasteiger partial charge in [-0.1, -0.05) is 0 Å². The smallest absolute Gasteiger partial charge is 0.372 e. The Bertz CT molecular complexity index is 448. The standard InChI is InChI=1S/C12H12Br2O4/c1-7-5-8(13)11(9(14)6-7)18-4-2-3-10(15)12(16)17/h5-6H,2-4H2,1H3,(H,16,17). The van der Waals surface area contributed by atoms with E-state index in [1.165, 1.54) is 0 Å². The van der Waals surface area contributed by atoms with Gasteiger partial charge in [-0.05, 0) is 62.9 Å². The molecule has 0 heterocycles. The van der Waals surface area contributed by atoms with E-state index in [1.807, 2.05) is 19.1 Å². The van der Waals surface area contributed by atoms with E-state index in [9.17, 15) is 9.59 Å². The van der Waals surface area contributed by atoms with Crippen LogP contribution >= 0.6 is 31.9 Å². The maximum atomic E-state index is 10.9. The van der Waals surface area contributed by atoms with Gasteiger partial charge < -0.3 is 9.84 Å². The number of carbonyl (C=O) groups excluding carboxylic acids is 1. The normalized spacial score (nSPS) is 10.2. The van der Waals surface area contributed by atoms with E-state index in [2.05, 4.69) is 31.9 Å². The number of Topliss-reactive ketones (excluding diaryl/α,β-unsaturated/α-hetero) is 1. The van der Waals surface area contributed by atoms with Gasteiger partial charge in [0.05, 0.1) is 15.6 Å². The van der Waals surface area contributed by atoms with Crippen molar-refractivity contribution in [3.05, 3.63) is 26.6 Å². The molecule has 0 aliphatic heterocycles. The molecule has 0 fully saturated rings. The van der Waals surface area contributed by atoms with Crippen LogP contribution in [0.15, 0.2) is 21.1 Å². The Balaban J connectivity index is 2.50. The molecule has 0 radical (unpaired) electrons. The molecule has 98 valence electrons. The average Bonchev–Trinajstić information content (AvgIpc) is 2.26. The van der Waals surface area contributed by atoms with Gasteiger partial charge in [-0.25, -0.2) is 4.79 Å². The zero-order valence-corrected chi connectivity index (χ0v) is 12.9. The second-order valence-corrected chi connectivity index (χ2v) is 5.45. The summed E-state index contributed by atoms with van der Waals surface area (Å²) in [6.07, 6.45) is 0.355. The lowest BCUT2D eigenvalue weighted by Gasteiger charge is -2.10. The highest BCUT2D eigenvalue weighted by Gasteiger charge is 2.11. The summed E-state index contributed by atoms with van der Waals surface area (Å²) in [5.41, 5.74) is 1.09. The molecule has 0 aromatic heterocycles. The average molecular weight is 380 g/mol. The predicted octanol–water partition coefficient (Wildman–Crippen LogP) is 3.33. The van der Waals surface area contributed by atoms with Crippen LogP contribution in [0.3, 0.4) is 0 Å². The van der Waals surface area contributed by atoms with Gasteiger partial charge in [0.1, 0.15) is 5.75 Å². The van der Waals surface area contributed by atoms with Crippen molar-refractivity contribution in [2.24, 2.45) is 0 Å². The molecule has 1 rings (SSSR count). The van der Waals surface area contributed by atoms with Crippen LogP contribution in [0.5, 0.6) is 5.75 Å². The number of ether oxygens (including phenoxy) is 1. The van der Waals surface area contributed by atoms with Gasteiger partial charge in [-0.2, -0.15) is 0 Å². The van der Waals surface area contributed by atoms with Gasteiger partial charge in [0, 0.05) is 6.42 Å². The fourth-order valence-electron chi connectivity index (χ4n) is 1.34. The van der Waals surface area contributed by atoms with Crippen molar-refractivity contribution >= 4 is 43.6 Å². The molecule has 0 bridgehead atoms. The van der Waals surface area contributed by atoms with Gasteiger partial charge in [-0.15, -0.1) is 0 Å². The fourth-order valence-corrected chi connectivity index (χ4v) is 2.98. The van der Waals surface area contributed by atoms with Crippen LogP contribution in [-0.4, -0.2) is 23.5 Å². The summed E-state index contributed by atoms with van der Waals surface area (Å²) in [7, 11) is 0. The Morgan fingerprint density at radius 1 is 1.28 bits per heavy atom. The topological polar surface area (TPSA) is 63.6 Å². The third-order valence-electron chi connectivity index (χ3n) is 2.18. The minimum atomic E-state index is -1.40. The first-order chi connectivity index (χ1) is 8.41. The van der Waals surface area contributed by atoms with E-state index < -0.39 is 11.8 Å². The minimum absolute atomic E-state index is 0.0174. The molecule has 0 aliphatic rings. The van der Waals surface area contributed by atoms with Crippen molar-refractivity contribution in [1.29, 1.82) is 0 Å². The fraction of sp³-hybridized carbons (Fsp3) is 0.333. The summed E-state index contributed by atoms with van der Waals surface area (Å²) in [6, 6.07) is 3.84. The number of carbonyl (C=O) groups is 2. The number of benzene rings is 1. The van der Waals surface area contributed by atoms with Crippen LogP contribution in [0.1, 0.15) is 18.4 Å². The maximum absolute atomic E-state index is 10.9. The highest BCUT2D eigenvalue weighted by Crippen LogP contribution is 2.34. The third kappa shape index (κ3) is 4.42. The van der Waals surface area contributed by atoms with Crippen molar-refractivity contribution < 1.29 is 19.4 Å². The zero-order chi connectivity index (χ0) is 13.7. The lowest BCUT2D eigenvalue weighted by Crippen LogP contribution is -2.13. The van der Waals surface area contributed by atoms with Gasteiger partial charge >= 0.3 is 5.97 Å². The first-order valence-electron chi connectivity index (χ1n) is 5.26. The van der Waals surface area contributed by atoms with Crippen LogP contribution in [0, 0.1) is 6.92 Å².